The Balaban J connectivity index is 2.61. The summed E-state index contributed by atoms with van der Waals surface area (Å²) >= 11 is 0. The number of esters is 1. The van der Waals surface area contributed by atoms with E-state index in [4.69, 9.17) is 9.47 Å². The van der Waals surface area contributed by atoms with Crippen LogP contribution in [0.2, 0.25) is 0 Å². The molecule has 0 aliphatic heterocycles. The molecule has 1 aromatic carbocycles. The number of aromatic hydroxyl groups is 1. The van der Waals surface area contributed by atoms with Gasteiger partial charge < -0.3 is 14.6 Å². The standard InChI is InChI=1S/C20H27NO4/c1-6-8-9-25-13-10-14-17(22)12-16(19(23)24-7-2)21-18(14)15(11-13)20(3,4)5/h10-12H,6-9H2,1-5H3,(H,21,22). The van der Waals surface area contributed by atoms with Crippen LogP contribution in [0.1, 0.15) is 63.5 Å². The second-order valence-corrected chi connectivity index (χ2v) is 7.07. The monoisotopic (exact) mass is 345 g/mol. The van der Waals surface area contributed by atoms with Gasteiger partial charge in [0, 0.05) is 11.5 Å². The van der Waals surface area contributed by atoms with Crippen molar-refractivity contribution in [1.29, 1.82) is 0 Å². The fourth-order valence-electron chi connectivity index (χ4n) is 2.58. The lowest BCUT2D eigenvalue weighted by Crippen LogP contribution is -2.14. The Hall–Kier alpha value is -2.30. The first kappa shape index (κ1) is 19.0. The quantitative estimate of drug-likeness (QED) is 0.612. The summed E-state index contributed by atoms with van der Waals surface area (Å²) in [5.41, 5.74) is 1.39. The van der Waals surface area contributed by atoms with Crippen molar-refractivity contribution in [3.63, 3.8) is 0 Å². The van der Waals surface area contributed by atoms with Crippen LogP contribution in [0, 0.1) is 0 Å². The highest BCUT2D eigenvalue weighted by Gasteiger charge is 2.23. The van der Waals surface area contributed by atoms with Crippen molar-refractivity contribution in [2.24, 2.45) is 0 Å². The van der Waals surface area contributed by atoms with E-state index in [0.717, 1.165) is 18.4 Å². The number of benzene rings is 1. The van der Waals surface area contributed by atoms with Gasteiger partial charge in [0.2, 0.25) is 0 Å². The van der Waals surface area contributed by atoms with E-state index in [-0.39, 0.29) is 23.5 Å². The van der Waals surface area contributed by atoms with Crippen LogP contribution in [0.25, 0.3) is 10.9 Å². The molecule has 136 valence electrons. The van der Waals surface area contributed by atoms with Crippen LogP contribution in [0.4, 0.5) is 0 Å². The number of hydrogen-bond donors (Lipinski definition) is 1. The van der Waals surface area contributed by atoms with Crippen molar-refractivity contribution in [1.82, 2.24) is 4.98 Å². The van der Waals surface area contributed by atoms with Crippen molar-refractivity contribution >= 4 is 16.9 Å². The van der Waals surface area contributed by atoms with E-state index in [1.807, 2.05) is 6.07 Å². The van der Waals surface area contributed by atoms with Crippen LogP contribution >= 0.6 is 0 Å². The van der Waals surface area contributed by atoms with Crippen LogP contribution in [0.15, 0.2) is 18.2 Å². The van der Waals surface area contributed by atoms with E-state index in [1.54, 1.807) is 13.0 Å². The molecular weight excluding hydrogens is 318 g/mol. The number of carbonyl (C=O) groups is 1. The second kappa shape index (κ2) is 7.72. The molecule has 0 saturated heterocycles. The molecule has 0 aliphatic rings. The molecule has 0 atom stereocenters. The molecule has 1 heterocycles. The summed E-state index contributed by atoms with van der Waals surface area (Å²) < 4.78 is 10.8. The van der Waals surface area contributed by atoms with Gasteiger partial charge in [-0.25, -0.2) is 9.78 Å². The van der Waals surface area contributed by atoms with Crippen molar-refractivity contribution < 1.29 is 19.4 Å². The van der Waals surface area contributed by atoms with E-state index in [1.165, 1.54) is 6.07 Å². The molecule has 0 amide bonds. The maximum absolute atomic E-state index is 12.0. The topological polar surface area (TPSA) is 68.7 Å². The normalized spacial score (nSPS) is 11.6. The highest BCUT2D eigenvalue weighted by Crippen LogP contribution is 2.37. The van der Waals surface area contributed by atoms with Crippen molar-refractivity contribution in [2.45, 2.75) is 52.9 Å². The Bertz CT molecular complexity index is 762. The average Bonchev–Trinajstić information content (AvgIpc) is 2.54. The molecule has 2 rings (SSSR count). The first-order chi connectivity index (χ1) is 11.8. The molecule has 1 aromatic heterocycles. The fraction of sp³-hybridized carbons (Fsp3) is 0.500. The van der Waals surface area contributed by atoms with Gasteiger partial charge in [-0.15, -0.1) is 0 Å². The fourth-order valence-corrected chi connectivity index (χ4v) is 2.58. The van der Waals surface area contributed by atoms with E-state index in [9.17, 15) is 9.90 Å². The third kappa shape index (κ3) is 4.41. The van der Waals surface area contributed by atoms with Crippen LogP contribution in [0.5, 0.6) is 11.5 Å². The van der Waals surface area contributed by atoms with Gasteiger partial charge in [0.1, 0.15) is 11.5 Å². The minimum absolute atomic E-state index is 0.000468. The first-order valence-electron chi connectivity index (χ1n) is 8.76. The predicted octanol–water partition coefficient (Wildman–Crippen LogP) is 4.59. The van der Waals surface area contributed by atoms with Gasteiger partial charge in [0.05, 0.1) is 18.7 Å². The molecule has 25 heavy (non-hydrogen) atoms. The minimum Gasteiger partial charge on any atom is -0.507 e. The van der Waals surface area contributed by atoms with Crippen LogP contribution < -0.4 is 4.74 Å². The molecule has 0 fully saturated rings. The smallest absolute Gasteiger partial charge is 0.357 e. The Morgan fingerprint density at radius 1 is 1.20 bits per heavy atom. The third-order valence-corrected chi connectivity index (χ3v) is 3.92. The first-order valence-corrected chi connectivity index (χ1v) is 8.76. The minimum atomic E-state index is -0.539. The van der Waals surface area contributed by atoms with Gasteiger partial charge in [0.15, 0.2) is 5.69 Å². The summed E-state index contributed by atoms with van der Waals surface area (Å²) in [6.45, 7) is 10.9. The number of nitrogens with zero attached hydrogens (tertiary/aromatic N) is 1. The van der Waals surface area contributed by atoms with Crippen molar-refractivity contribution in [3.8, 4) is 11.5 Å². The molecule has 0 saturated carbocycles. The van der Waals surface area contributed by atoms with Gasteiger partial charge in [0.25, 0.3) is 0 Å². The van der Waals surface area contributed by atoms with Crippen molar-refractivity contribution in [2.75, 3.05) is 13.2 Å². The Morgan fingerprint density at radius 3 is 2.52 bits per heavy atom. The predicted molar refractivity (Wildman–Crippen MR) is 98.5 cm³/mol. The molecular formula is C20H27NO4. The van der Waals surface area contributed by atoms with Gasteiger partial charge in [-0.05, 0) is 36.5 Å². The van der Waals surface area contributed by atoms with E-state index in [0.29, 0.717) is 23.3 Å². The molecule has 0 unspecified atom stereocenters. The van der Waals surface area contributed by atoms with Crippen LogP contribution in [-0.4, -0.2) is 29.3 Å². The summed E-state index contributed by atoms with van der Waals surface area (Å²) in [6.07, 6.45) is 2.02. The summed E-state index contributed by atoms with van der Waals surface area (Å²) in [5, 5.41) is 11.0. The highest BCUT2D eigenvalue weighted by molar-refractivity contribution is 5.96. The van der Waals surface area contributed by atoms with Gasteiger partial charge >= 0.3 is 5.97 Å². The summed E-state index contributed by atoms with van der Waals surface area (Å²) in [4.78, 5) is 16.5. The average molecular weight is 345 g/mol. The molecule has 0 radical (unpaired) electrons. The maximum Gasteiger partial charge on any atom is 0.357 e. The number of rotatable bonds is 6. The molecule has 0 bridgehead atoms. The summed E-state index contributed by atoms with van der Waals surface area (Å²) in [6, 6.07) is 5.07. The molecule has 1 N–H and O–H groups in total. The molecule has 5 nitrogen and oxygen atoms in total. The molecule has 0 spiro atoms. The highest BCUT2D eigenvalue weighted by atomic mass is 16.5. The SMILES string of the molecule is CCCCOc1cc(C(C)(C)C)c2nc(C(=O)OCC)cc(O)c2c1. The zero-order valence-corrected chi connectivity index (χ0v) is 15.7. The van der Waals surface area contributed by atoms with Crippen LogP contribution in [-0.2, 0) is 10.2 Å². The zero-order chi connectivity index (χ0) is 18.6. The van der Waals surface area contributed by atoms with E-state index >= 15 is 0 Å². The third-order valence-electron chi connectivity index (χ3n) is 3.92. The summed E-state index contributed by atoms with van der Waals surface area (Å²) in [7, 11) is 0. The molecule has 5 heteroatoms. The molecule has 0 aliphatic carbocycles. The maximum atomic E-state index is 12.0. The zero-order valence-electron chi connectivity index (χ0n) is 15.7. The second-order valence-electron chi connectivity index (χ2n) is 7.07. The van der Waals surface area contributed by atoms with Crippen molar-refractivity contribution in [3.05, 3.63) is 29.5 Å². The number of unbranched alkanes of at least 4 members (excludes halogenated alkanes) is 1. The largest absolute Gasteiger partial charge is 0.507 e. The number of hydrogen-bond acceptors (Lipinski definition) is 5. The number of aromatic nitrogens is 1. The van der Waals surface area contributed by atoms with Gasteiger partial charge in [-0.1, -0.05) is 34.1 Å². The van der Waals surface area contributed by atoms with Gasteiger partial charge in [-0.2, -0.15) is 0 Å². The van der Waals surface area contributed by atoms with Crippen LogP contribution in [0.3, 0.4) is 0 Å². The van der Waals surface area contributed by atoms with Gasteiger partial charge in [-0.3, -0.25) is 0 Å². The number of pyridine rings is 1. The number of carbonyl (C=O) groups excluding carboxylic acids is 1. The van der Waals surface area contributed by atoms with E-state index < -0.39 is 5.97 Å². The number of fused-ring (bicyclic) bond motifs is 1. The number of ether oxygens (including phenoxy) is 2. The lowest BCUT2D eigenvalue weighted by atomic mass is 9.85. The van der Waals surface area contributed by atoms with E-state index in [2.05, 4.69) is 32.7 Å². The Labute approximate surface area is 149 Å². The molecule has 2 aromatic rings. The lowest BCUT2D eigenvalue weighted by Gasteiger charge is -2.22. The Kier molecular flexibility index (Phi) is 5.88. The lowest BCUT2D eigenvalue weighted by molar-refractivity contribution is 0.0519. The Morgan fingerprint density at radius 2 is 1.92 bits per heavy atom. The summed E-state index contributed by atoms with van der Waals surface area (Å²) in [5.74, 6) is 0.161.